The first-order valence-corrected chi connectivity index (χ1v) is 8.22. The number of fused-ring (bicyclic) bond motifs is 1. The molecule has 2 aromatic heterocycles. The standard InChI is InChI=1S/C8H4I2N2O2S/c9-6-3-12(15-10)7-5(6)1-4(2-11-7)8(13)14/h1-3H,(H,13,14). The Morgan fingerprint density at radius 1 is 1.60 bits per heavy atom. The molecule has 0 radical (unpaired) electrons. The molecule has 0 aliphatic heterocycles. The van der Waals surface area contributed by atoms with Crippen molar-refractivity contribution in [2.75, 3.05) is 0 Å². The molecule has 0 aliphatic rings. The maximum absolute atomic E-state index is 10.8. The monoisotopic (exact) mass is 446 g/mol. The normalized spacial score (nSPS) is 10.8. The Labute approximate surface area is 115 Å². The Kier molecular flexibility index (Phi) is 3.40. The molecule has 0 amide bonds. The maximum atomic E-state index is 10.8. The zero-order valence-corrected chi connectivity index (χ0v) is 12.3. The van der Waals surface area contributed by atoms with E-state index in [0.29, 0.717) is 0 Å². The van der Waals surface area contributed by atoms with E-state index in [1.165, 1.54) is 15.3 Å². The van der Waals surface area contributed by atoms with Crippen molar-refractivity contribution in [1.82, 2.24) is 8.96 Å². The van der Waals surface area contributed by atoms with Crippen LogP contribution in [0.1, 0.15) is 10.4 Å². The second-order valence-corrected chi connectivity index (χ2v) is 5.65. The molecule has 2 aromatic rings. The van der Waals surface area contributed by atoms with Gasteiger partial charge < -0.3 is 5.11 Å². The SMILES string of the molecule is O=C(O)c1cnc2c(c1)c(I)cn2SI. The molecule has 0 fully saturated rings. The molecule has 78 valence electrons. The number of carboxylic acid groups (broad SMARTS) is 1. The molecular weight excluding hydrogens is 442 g/mol. The summed E-state index contributed by atoms with van der Waals surface area (Å²) in [7, 11) is 1.51. The first kappa shape index (κ1) is 11.5. The van der Waals surface area contributed by atoms with Crippen molar-refractivity contribution in [3.05, 3.63) is 27.6 Å². The van der Waals surface area contributed by atoms with Crippen LogP contribution in [0, 0.1) is 3.57 Å². The van der Waals surface area contributed by atoms with Gasteiger partial charge in [0.1, 0.15) is 0 Å². The zero-order chi connectivity index (χ0) is 11.0. The molecule has 7 heteroatoms. The fourth-order valence-corrected chi connectivity index (χ4v) is 3.33. The number of aromatic carboxylic acids is 1. The number of carbonyl (C=O) groups is 1. The number of carboxylic acids is 1. The van der Waals surface area contributed by atoms with Gasteiger partial charge in [0.15, 0.2) is 5.65 Å². The predicted molar refractivity (Wildman–Crippen MR) is 76.4 cm³/mol. The van der Waals surface area contributed by atoms with E-state index in [1.807, 2.05) is 10.2 Å². The fourth-order valence-electron chi connectivity index (χ4n) is 1.21. The third-order valence-corrected chi connectivity index (χ3v) is 4.44. The van der Waals surface area contributed by atoms with Crippen LogP contribution >= 0.6 is 52.9 Å². The van der Waals surface area contributed by atoms with Crippen molar-refractivity contribution in [3.63, 3.8) is 0 Å². The van der Waals surface area contributed by atoms with Gasteiger partial charge in [0.2, 0.25) is 0 Å². The predicted octanol–water partition coefficient (Wildman–Crippen LogP) is 3.19. The highest BCUT2D eigenvalue weighted by molar-refractivity contribution is 14.2. The quantitative estimate of drug-likeness (QED) is 0.721. The van der Waals surface area contributed by atoms with Gasteiger partial charge in [0.25, 0.3) is 0 Å². The molecule has 1 N–H and O–H groups in total. The number of hydrogen-bond donors (Lipinski definition) is 1. The van der Waals surface area contributed by atoms with Gasteiger partial charge in [0, 0.05) is 51.7 Å². The zero-order valence-electron chi connectivity index (χ0n) is 7.15. The highest BCUT2D eigenvalue weighted by atomic mass is 127. The molecule has 2 rings (SSSR count). The van der Waals surface area contributed by atoms with Gasteiger partial charge in [-0.15, -0.1) is 0 Å². The second kappa shape index (κ2) is 4.45. The van der Waals surface area contributed by atoms with Crippen LogP contribution in [-0.2, 0) is 0 Å². The van der Waals surface area contributed by atoms with E-state index in [-0.39, 0.29) is 5.56 Å². The number of pyridine rings is 1. The van der Waals surface area contributed by atoms with Gasteiger partial charge in [-0.05, 0) is 28.7 Å². The van der Waals surface area contributed by atoms with Crippen molar-refractivity contribution < 1.29 is 9.90 Å². The van der Waals surface area contributed by atoms with Gasteiger partial charge >= 0.3 is 5.97 Å². The van der Waals surface area contributed by atoms with Crippen LogP contribution in [0.25, 0.3) is 11.0 Å². The molecule has 0 saturated heterocycles. The van der Waals surface area contributed by atoms with Gasteiger partial charge in [0.05, 0.1) is 5.56 Å². The van der Waals surface area contributed by atoms with Crippen molar-refractivity contribution in [3.8, 4) is 0 Å². The van der Waals surface area contributed by atoms with E-state index in [9.17, 15) is 4.79 Å². The summed E-state index contributed by atoms with van der Waals surface area (Å²) in [6, 6.07) is 1.65. The lowest BCUT2D eigenvalue weighted by Gasteiger charge is -1.97. The van der Waals surface area contributed by atoms with Crippen molar-refractivity contribution >= 4 is 69.9 Å². The molecule has 0 atom stereocenters. The molecule has 2 heterocycles. The van der Waals surface area contributed by atoms with Gasteiger partial charge in [-0.25, -0.2) is 9.78 Å². The molecule has 0 unspecified atom stereocenters. The molecule has 15 heavy (non-hydrogen) atoms. The number of aromatic nitrogens is 2. The van der Waals surface area contributed by atoms with Gasteiger partial charge in [-0.1, -0.05) is 0 Å². The van der Waals surface area contributed by atoms with Crippen LogP contribution in [0.15, 0.2) is 18.5 Å². The number of halogens is 2. The minimum absolute atomic E-state index is 0.219. The molecule has 0 aliphatic carbocycles. The Morgan fingerprint density at radius 2 is 2.33 bits per heavy atom. The summed E-state index contributed by atoms with van der Waals surface area (Å²) in [4.78, 5) is 14.9. The summed E-state index contributed by atoms with van der Waals surface area (Å²) in [5, 5.41) is 9.72. The van der Waals surface area contributed by atoms with Crippen LogP contribution in [0.3, 0.4) is 0 Å². The minimum Gasteiger partial charge on any atom is -0.478 e. The lowest BCUT2D eigenvalue weighted by atomic mass is 10.2. The summed E-state index contributed by atoms with van der Waals surface area (Å²) in [6.07, 6.45) is 3.31. The molecule has 4 nitrogen and oxygen atoms in total. The third-order valence-electron chi connectivity index (χ3n) is 1.88. The highest BCUT2D eigenvalue weighted by Crippen LogP contribution is 2.28. The molecule has 0 bridgehead atoms. The summed E-state index contributed by atoms with van der Waals surface area (Å²) < 4.78 is 2.91. The van der Waals surface area contributed by atoms with E-state index >= 15 is 0 Å². The van der Waals surface area contributed by atoms with E-state index in [0.717, 1.165) is 14.6 Å². The van der Waals surface area contributed by atoms with E-state index in [1.54, 1.807) is 6.07 Å². The smallest absolute Gasteiger partial charge is 0.337 e. The van der Waals surface area contributed by atoms with Crippen molar-refractivity contribution in [1.29, 1.82) is 0 Å². The largest absolute Gasteiger partial charge is 0.478 e. The minimum atomic E-state index is -0.949. The average molecular weight is 446 g/mol. The van der Waals surface area contributed by atoms with E-state index in [4.69, 9.17) is 5.11 Å². The summed E-state index contributed by atoms with van der Waals surface area (Å²) >= 11 is 4.33. The van der Waals surface area contributed by atoms with E-state index < -0.39 is 5.97 Å². The van der Waals surface area contributed by atoms with Crippen LogP contribution in [0.2, 0.25) is 0 Å². The van der Waals surface area contributed by atoms with Crippen LogP contribution in [0.5, 0.6) is 0 Å². The Morgan fingerprint density at radius 3 is 2.93 bits per heavy atom. The Bertz CT molecular complexity index is 541. The Hall–Kier alpha value is -0.0300. The fraction of sp³-hybridized carbons (Fsp3) is 0. The van der Waals surface area contributed by atoms with Gasteiger partial charge in [-0.3, -0.25) is 3.97 Å². The van der Waals surface area contributed by atoms with Crippen molar-refractivity contribution in [2.45, 2.75) is 0 Å². The topological polar surface area (TPSA) is 55.1 Å². The summed E-state index contributed by atoms with van der Waals surface area (Å²) in [6.45, 7) is 0. The highest BCUT2D eigenvalue weighted by Gasteiger charge is 2.11. The first-order valence-electron chi connectivity index (χ1n) is 3.82. The van der Waals surface area contributed by atoms with Gasteiger partial charge in [-0.2, -0.15) is 0 Å². The lowest BCUT2D eigenvalue weighted by Crippen LogP contribution is -1.97. The molecule has 0 saturated carbocycles. The van der Waals surface area contributed by atoms with E-state index in [2.05, 4.69) is 48.8 Å². The lowest BCUT2D eigenvalue weighted by molar-refractivity contribution is 0.0696. The summed E-state index contributed by atoms with van der Waals surface area (Å²) in [5.74, 6) is -0.949. The maximum Gasteiger partial charge on any atom is 0.337 e. The van der Waals surface area contributed by atoms with Crippen LogP contribution < -0.4 is 0 Å². The van der Waals surface area contributed by atoms with Crippen LogP contribution in [0.4, 0.5) is 0 Å². The molecular formula is C8H4I2N2O2S. The molecule has 0 spiro atoms. The number of nitrogens with zero attached hydrogens (tertiary/aromatic N) is 2. The van der Waals surface area contributed by atoms with Crippen LogP contribution in [-0.4, -0.2) is 20.0 Å². The number of rotatable bonds is 2. The van der Waals surface area contributed by atoms with Crippen molar-refractivity contribution in [2.24, 2.45) is 0 Å². The number of hydrogen-bond acceptors (Lipinski definition) is 3. The average Bonchev–Trinajstić information content (AvgIpc) is 2.55. The molecule has 0 aromatic carbocycles. The summed E-state index contributed by atoms with van der Waals surface area (Å²) in [5.41, 5.74) is 1.01. The second-order valence-electron chi connectivity index (χ2n) is 2.77. The first-order chi connectivity index (χ1) is 7.13. The Balaban J connectivity index is 2.72. The third kappa shape index (κ3) is 2.09.